The molecule has 0 saturated carbocycles. The average molecular weight is 489 g/mol. The summed E-state index contributed by atoms with van der Waals surface area (Å²) in [5.74, 6) is -0.105. The maximum absolute atomic E-state index is 12.8. The minimum absolute atomic E-state index is 0.0174. The predicted molar refractivity (Wildman–Crippen MR) is 126 cm³/mol. The molecule has 2 aromatic carbocycles. The van der Waals surface area contributed by atoms with Crippen LogP contribution >= 0.6 is 0 Å². The SMILES string of the molecule is COc1ccc(C(=O)N2CCN(C(=O)[C@H](C)NS(=O)(=O)c3ccc(NC(C)=O)cc3)CC2)cc1. The highest BCUT2D eigenvalue weighted by atomic mass is 32.2. The highest BCUT2D eigenvalue weighted by molar-refractivity contribution is 7.89. The lowest BCUT2D eigenvalue weighted by atomic mass is 10.1. The van der Waals surface area contributed by atoms with Crippen LogP contribution in [0.4, 0.5) is 5.69 Å². The Labute approximate surface area is 198 Å². The van der Waals surface area contributed by atoms with E-state index < -0.39 is 16.1 Å². The van der Waals surface area contributed by atoms with Crippen molar-refractivity contribution in [2.45, 2.75) is 24.8 Å². The molecule has 10 nitrogen and oxygen atoms in total. The van der Waals surface area contributed by atoms with Gasteiger partial charge in [-0.25, -0.2) is 8.42 Å². The van der Waals surface area contributed by atoms with E-state index in [1.165, 1.54) is 38.1 Å². The molecule has 2 N–H and O–H groups in total. The number of carbonyl (C=O) groups is 3. The van der Waals surface area contributed by atoms with E-state index in [0.29, 0.717) is 43.2 Å². The molecule has 1 atom stereocenters. The smallest absolute Gasteiger partial charge is 0.253 e. The van der Waals surface area contributed by atoms with E-state index in [-0.39, 0.29) is 22.6 Å². The van der Waals surface area contributed by atoms with Gasteiger partial charge >= 0.3 is 0 Å². The monoisotopic (exact) mass is 488 g/mol. The van der Waals surface area contributed by atoms with E-state index >= 15 is 0 Å². The molecule has 0 radical (unpaired) electrons. The van der Waals surface area contributed by atoms with Crippen molar-refractivity contribution in [2.24, 2.45) is 0 Å². The maximum atomic E-state index is 12.8. The lowest BCUT2D eigenvalue weighted by Gasteiger charge is -2.36. The molecule has 1 aliphatic heterocycles. The third kappa shape index (κ3) is 6.12. The first-order valence-electron chi connectivity index (χ1n) is 10.7. The molecule has 1 heterocycles. The van der Waals surface area contributed by atoms with Crippen LogP contribution in [0.25, 0.3) is 0 Å². The number of methoxy groups -OCH3 is 1. The van der Waals surface area contributed by atoms with Crippen LogP contribution < -0.4 is 14.8 Å². The van der Waals surface area contributed by atoms with Gasteiger partial charge in [0, 0.05) is 44.4 Å². The number of hydrogen-bond acceptors (Lipinski definition) is 6. The summed E-state index contributed by atoms with van der Waals surface area (Å²) in [5, 5.41) is 2.56. The van der Waals surface area contributed by atoms with Gasteiger partial charge in [-0.2, -0.15) is 4.72 Å². The van der Waals surface area contributed by atoms with Gasteiger partial charge in [0.1, 0.15) is 5.75 Å². The zero-order valence-electron chi connectivity index (χ0n) is 19.3. The summed E-state index contributed by atoms with van der Waals surface area (Å²) in [5.41, 5.74) is 1.00. The molecule has 2 aromatic rings. The molecule has 0 aromatic heterocycles. The third-order valence-corrected chi connectivity index (χ3v) is 6.96. The second-order valence-electron chi connectivity index (χ2n) is 7.89. The first kappa shape index (κ1) is 25.2. The van der Waals surface area contributed by atoms with Gasteiger partial charge in [0.05, 0.1) is 18.0 Å². The summed E-state index contributed by atoms with van der Waals surface area (Å²) in [4.78, 5) is 39.8. The summed E-state index contributed by atoms with van der Waals surface area (Å²) >= 11 is 0. The fourth-order valence-electron chi connectivity index (χ4n) is 3.59. The number of amides is 3. The predicted octanol–water partition coefficient (Wildman–Crippen LogP) is 1.30. The van der Waals surface area contributed by atoms with Crippen LogP contribution in [0.5, 0.6) is 5.75 Å². The van der Waals surface area contributed by atoms with E-state index in [1.54, 1.807) is 41.2 Å². The van der Waals surface area contributed by atoms with Crippen LogP contribution in [0.2, 0.25) is 0 Å². The van der Waals surface area contributed by atoms with Gasteiger partial charge in [-0.3, -0.25) is 14.4 Å². The zero-order chi connectivity index (χ0) is 24.9. The molecule has 3 rings (SSSR count). The molecular formula is C23H28N4O6S. The Morgan fingerprint density at radius 3 is 2.00 bits per heavy atom. The van der Waals surface area contributed by atoms with Crippen molar-refractivity contribution in [1.82, 2.24) is 14.5 Å². The van der Waals surface area contributed by atoms with E-state index in [9.17, 15) is 22.8 Å². The molecule has 1 saturated heterocycles. The van der Waals surface area contributed by atoms with Crippen LogP contribution in [0.1, 0.15) is 24.2 Å². The normalized spacial score (nSPS) is 14.9. The van der Waals surface area contributed by atoms with Crippen molar-refractivity contribution in [3.8, 4) is 5.75 Å². The fourth-order valence-corrected chi connectivity index (χ4v) is 4.79. The van der Waals surface area contributed by atoms with Gasteiger partial charge in [-0.1, -0.05) is 0 Å². The molecule has 11 heteroatoms. The second-order valence-corrected chi connectivity index (χ2v) is 9.61. The number of nitrogens with one attached hydrogen (secondary N) is 2. The van der Waals surface area contributed by atoms with Gasteiger partial charge in [-0.05, 0) is 55.5 Å². The zero-order valence-corrected chi connectivity index (χ0v) is 20.1. The quantitative estimate of drug-likeness (QED) is 0.605. The summed E-state index contributed by atoms with van der Waals surface area (Å²) < 4.78 is 32.9. The molecule has 0 aliphatic carbocycles. The van der Waals surface area contributed by atoms with E-state index in [2.05, 4.69) is 10.0 Å². The highest BCUT2D eigenvalue weighted by Crippen LogP contribution is 2.16. The van der Waals surface area contributed by atoms with Gasteiger partial charge < -0.3 is 19.9 Å². The Kier molecular flexibility index (Phi) is 7.90. The highest BCUT2D eigenvalue weighted by Gasteiger charge is 2.29. The van der Waals surface area contributed by atoms with Crippen LogP contribution in [0.15, 0.2) is 53.4 Å². The number of anilines is 1. The van der Waals surface area contributed by atoms with Crippen LogP contribution in [0, 0.1) is 0 Å². The van der Waals surface area contributed by atoms with E-state index in [4.69, 9.17) is 4.74 Å². The Hall–Kier alpha value is -3.44. The van der Waals surface area contributed by atoms with Crippen molar-refractivity contribution < 1.29 is 27.5 Å². The third-order valence-electron chi connectivity index (χ3n) is 5.40. The number of nitrogens with zero attached hydrogens (tertiary/aromatic N) is 2. The van der Waals surface area contributed by atoms with E-state index in [0.717, 1.165) is 0 Å². The first-order valence-corrected chi connectivity index (χ1v) is 12.2. The van der Waals surface area contributed by atoms with Gasteiger partial charge in [-0.15, -0.1) is 0 Å². The maximum Gasteiger partial charge on any atom is 0.253 e. The van der Waals surface area contributed by atoms with Crippen LogP contribution in [0.3, 0.4) is 0 Å². The van der Waals surface area contributed by atoms with Crippen molar-refractivity contribution >= 4 is 33.4 Å². The van der Waals surface area contributed by atoms with Crippen molar-refractivity contribution in [1.29, 1.82) is 0 Å². The molecule has 3 amide bonds. The number of carbonyl (C=O) groups excluding carboxylic acids is 3. The van der Waals surface area contributed by atoms with Gasteiger partial charge in [0.2, 0.25) is 21.8 Å². The summed E-state index contributed by atoms with van der Waals surface area (Å²) in [7, 11) is -2.39. The second kappa shape index (κ2) is 10.7. The summed E-state index contributed by atoms with van der Waals surface area (Å²) in [6.07, 6.45) is 0. The minimum atomic E-state index is -3.94. The van der Waals surface area contributed by atoms with Crippen LogP contribution in [-0.2, 0) is 19.6 Å². The number of ether oxygens (including phenoxy) is 1. The molecule has 1 fully saturated rings. The minimum Gasteiger partial charge on any atom is -0.497 e. The number of sulfonamides is 1. The largest absolute Gasteiger partial charge is 0.497 e. The van der Waals surface area contributed by atoms with Gasteiger partial charge in [0.25, 0.3) is 5.91 Å². The van der Waals surface area contributed by atoms with Crippen molar-refractivity contribution in [3.05, 3.63) is 54.1 Å². The topological polar surface area (TPSA) is 125 Å². The van der Waals surface area contributed by atoms with Crippen molar-refractivity contribution in [3.63, 3.8) is 0 Å². The number of hydrogen-bond donors (Lipinski definition) is 2. The molecule has 1 aliphatic rings. The molecule has 0 bridgehead atoms. The standard InChI is InChI=1S/C23H28N4O6S/c1-16(25-34(31,32)21-10-6-19(7-11-21)24-17(2)28)22(29)26-12-14-27(15-13-26)23(30)18-4-8-20(33-3)9-5-18/h4-11,16,25H,12-15H2,1-3H3,(H,24,28)/t16-/m0/s1. The van der Waals surface area contributed by atoms with Crippen molar-refractivity contribution in [2.75, 3.05) is 38.6 Å². The summed E-state index contributed by atoms with van der Waals surface area (Å²) in [6, 6.07) is 11.5. The summed E-state index contributed by atoms with van der Waals surface area (Å²) in [6.45, 7) is 4.15. The lowest BCUT2D eigenvalue weighted by Crippen LogP contribution is -2.55. The fraction of sp³-hybridized carbons (Fsp3) is 0.348. The molecule has 182 valence electrons. The number of benzene rings is 2. The van der Waals surface area contributed by atoms with Gasteiger partial charge in [0.15, 0.2) is 0 Å². The number of piperazine rings is 1. The Balaban J connectivity index is 1.55. The average Bonchev–Trinajstić information content (AvgIpc) is 2.83. The van der Waals surface area contributed by atoms with Crippen LogP contribution in [-0.4, -0.2) is 75.3 Å². The number of rotatable bonds is 7. The Bertz CT molecular complexity index is 1140. The Morgan fingerprint density at radius 1 is 0.912 bits per heavy atom. The Morgan fingerprint density at radius 2 is 1.47 bits per heavy atom. The first-order chi connectivity index (χ1) is 16.1. The molecule has 0 unspecified atom stereocenters. The molecule has 0 spiro atoms. The molecular weight excluding hydrogens is 460 g/mol. The molecule has 34 heavy (non-hydrogen) atoms. The van der Waals surface area contributed by atoms with E-state index in [1.807, 2.05) is 0 Å². The lowest BCUT2D eigenvalue weighted by molar-refractivity contribution is -0.134.